The first-order chi connectivity index (χ1) is 17.7. The molecule has 0 aromatic heterocycles. The molecule has 200 valence electrons. The van der Waals surface area contributed by atoms with Crippen molar-refractivity contribution in [2.75, 3.05) is 5.32 Å². The van der Waals surface area contributed by atoms with Crippen LogP contribution in [0.25, 0.3) is 0 Å². The molecule has 2 N–H and O–H groups in total. The summed E-state index contributed by atoms with van der Waals surface area (Å²) >= 11 is 18.4. The summed E-state index contributed by atoms with van der Waals surface area (Å²) in [6.07, 6.45) is -4.58. The first-order valence-electron chi connectivity index (χ1n) is 10.8. The van der Waals surface area contributed by atoms with Gasteiger partial charge in [0.15, 0.2) is 17.2 Å². The number of alkyl halides is 3. The summed E-state index contributed by atoms with van der Waals surface area (Å²) in [5.41, 5.74) is -2.27. The normalized spacial score (nSPS) is 13.9. The van der Waals surface area contributed by atoms with Crippen molar-refractivity contribution in [2.24, 2.45) is 0 Å². The number of fused-ring (bicyclic) bond motifs is 1. The van der Waals surface area contributed by atoms with Crippen molar-refractivity contribution in [2.45, 2.75) is 32.0 Å². The minimum Gasteiger partial charge on any atom is -0.483 e. The number of carbonyl (C=O) groups is 2. The molecule has 3 amide bonds. The van der Waals surface area contributed by atoms with Crippen molar-refractivity contribution in [1.82, 2.24) is 5.32 Å². The van der Waals surface area contributed by atoms with E-state index >= 15 is 0 Å². The Bertz CT molecular complexity index is 1420. The highest BCUT2D eigenvalue weighted by molar-refractivity contribution is 6.38. The molecule has 0 saturated heterocycles. The summed E-state index contributed by atoms with van der Waals surface area (Å²) in [4.78, 5) is 24.5. The molecule has 1 aliphatic rings. The first kappa shape index (κ1) is 27.8. The molecule has 0 bridgehead atoms. The van der Waals surface area contributed by atoms with Crippen LogP contribution in [-0.4, -0.2) is 17.5 Å². The number of carbonyl (C=O) groups excluding carboxylic acids is 2. The Morgan fingerprint density at radius 2 is 1.68 bits per heavy atom. The number of amides is 3. The quantitative estimate of drug-likeness (QED) is 0.300. The molecule has 0 fully saturated rings. The minimum absolute atomic E-state index is 0.00459. The maximum atomic E-state index is 13.9. The molecule has 1 aliphatic heterocycles. The Hall–Kier alpha value is -3.21. The van der Waals surface area contributed by atoms with Crippen LogP contribution < -0.4 is 20.1 Å². The zero-order valence-corrected chi connectivity index (χ0v) is 21.8. The fourth-order valence-corrected chi connectivity index (χ4v) is 4.67. The van der Waals surface area contributed by atoms with Crippen LogP contribution in [0, 0.1) is 5.82 Å². The smallest absolute Gasteiger partial charge is 0.416 e. The monoisotopic (exact) mass is 590 g/mol. The Labute approximate surface area is 228 Å². The third kappa shape index (κ3) is 5.77. The molecule has 1 heterocycles. The average molecular weight is 592 g/mol. The Kier molecular flexibility index (Phi) is 7.44. The van der Waals surface area contributed by atoms with Crippen molar-refractivity contribution < 1.29 is 36.6 Å². The SMILES string of the molecule is CC1(C)Cc2c(C(F)(F)F)ccc(Oc3c(Cl)cc(NC(=O)NC(=O)c4c(F)cccc4Cl)cc3Cl)c2O1. The van der Waals surface area contributed by atoms with E-state index in [9.17, 15) is 27.2 Å². The highest BCUT2D eigenvalue weighted by Gasteiger charge is 2.42. The van der Waals surface area contributed by atoms with Gasteiger partial charge in [0.05, 0.1) is 26.2 Å². The third-order valence-electron chi connectivity index (χ3n) is 5.40. The number of hydrogen-bond donors (Lipinski definition) is 2. The van der Waals surface area contributed by atoms with E-state index in [0.29, 0.717) is 0 Å². The van der Waals surface area contributed by atoms with Crippen molar-refractivity contribution >= 4 is 52.4 Å². The van der Waals surface area contributed by atoms with Crippen LogP contribution in [0.15, 0.2) is 42.5 Å². The van der Waals surface area contributed by atoms with Crippen LogP contribution in [0.4, 0.5) is 28.0 Å². The van der Waals surface area contributed by atoms with E-state index in [2.05, 4.69) is 5.32 Å². The highest BCUT2D eigenvalue weighted by atomic mass is 35.5. The molecule has 0 spiro atoms. The van der Waals surface area contributed by atoms with Crippen molar-refractivity contribution in [1.29, 1.82) is 0 Å². The molecular weight excluding hydrogens is 575 g/mol. The number of imide groups is 1. The van der Waals surface area contributed by atoms with Crippen LogP contribution in [0.5, 0.6) is 17.2 Å². The van der Waals surface area contributed by atoms with Gasteiger partial charge in [0, 0.05) is 17.7 Å². The summed E-state index contributed by atoms with van der Waals surface area (Å²) in [6.45, 7) is 3.29. The molecule has 3 aromatic rings. The van der Waals surface area contributed by atoms with E-state index in [1.807, 2.05) is 5.32 Å². The van der Waals surface area contributed by atoms with Crippen molar-refractivity contribution in [3.8, 4) is 17.2 Å². The average Bonchev–Trinajstić information content (AvgIpc) is 3.10. The maximum Gasteiger partial charge on any atom is 0.416 e. The van der Waals surface area contributed by atoms with E-state index in [4.69, 9.17) is 44.3 Å². The summed E-state index contributed by atoms with van der Waals surface area (Å²) < 4.78 is 66.0. The van der Waals surface area contributed by atoms with E-state index in [1.165, 1.54) is 24.3 Å². The standard InChI is InChI=1S/C25H17Cl3F4N2O4/c1-24(2)10-12-13(25(30,31)32)6-7-18(20(12)38-24)37-21-15(27)8-11(9-16(21)28)33-23(36)34-22(35)19-14(26)4-3-5-17(19)29/h3-9H,10H2,1-2H3,(H2,33,34,35,36). The minimum atomic E-state index is -4.59. The number of urea groups is 1. The second-order valence-corrected chi connectivity index (χ2v) is 10.1. The molecule has 3 aromatic carbocycles. The molecule has 0 unspecified atom stereocenters. The van der Waals surface area contributed by atoms with Crippen molar-refractivity contribution in [3.63, 3.8) is 0 Å². The van der Waals surface area contributed by atoms with E-state index in [0.717, 1.165) is 18.2 Å². The lowest BCUT2D eigenvalue weighted by molar-refractivity contribution is -0.138. The Morgan fingerprint density at radius 1 is 1.03 bits per heavy atom. The number of benzene rings is 3. The molecule has 0 atom stereocenters. The van der Waals surface area contributed by atoms with Gasteiger partial charge in [0.1, 0.15) is 11.4 Å². The van der Waals surface area contributed by atoms with Gasteiger partial charge in [0.25, 0.3) is 5.91 Å². The number of anilines is 1. The van der Waals surface area contributed by atoms with Gasteiger partial charge in [-0.25, -0.2) is 9.18 Å². The number of halogens is 7. The lowest BCUT2D eigenvalue weighted by Gasteiger charge is -2.19. The number of nitrogens with one attached hydrogen (secondary N) is 2. The van der Waals surface area contributed by atoms with Gasteiger partial charge in [0.2, 0.25) is 0 Å². The zero-order chi connectivity index (χ0) is 28.0. The van der Waals surface area contributed by atoms with E-state index in [1.54, 1.807) is 13.8 Å². The second kappa shape index (κ2) is 10.2. The molecule has 0 saturated carbocycles. The van der Waals surface area contributed by atoms with Crippen LogP contribution in [0.3, 0.4) is 0 Å². The van der Waals surface area contributed by atoms with Crippen LogP contribution in [0.2, 0.25) is 15.1 Å². The summed E-state index contributed by atoms with van der Waals surface area (Å²) in [5.74, 6) is -2.22. The van der Waals surface area contributed by atoms with Gasteiger partial charge in [-0.15, -0.1) is 0 Å². The number of rotatable bonds is 4. The Balaban J connectivity index is 1.55. The van der Waals surface area contributed by atoms with Crippen LogP contribution in [0.1, 0.15) is 35.3 Å². The number of ether oxygens (including phenoxy) is 2. The highest BCUT2D eigenvalue weighted by Crippen LogP contribution is 2.50. The first-order valence-corrected chi connectivity index (χ1v) is 11.9. The molecule has 38 heavy (non-hydrogen) atoms. The lowest BCUT2D eigenvalue weighted by Crippen LogP contribution is -2.35. The van der Waals surface area contributed by atoms with E-state index < -0.39 is 40.7 Å². The van der Waals surface area contributed by atoms with Gasteiger partial charge in [-0.05, 0) is 50.2 Å². The summed E-state index contributed by atoms with van der Waals surface area (Å²) in [5, 5.41) is 3.85. The van der Waals surface area contributed by atoms with Gasteiger partial charge in [-0.3, -0.25) is 10.1 Å². The summed E-state index contributed by atoms with van der Waals surface area (Å²) in [7, 11) is 0. The zero-order valence-electron chi connectivity index (χ0n) is 19.5. The molecule has 13 heteroatoms. The maximum absolute atomic E-state index is 13.9. The fourth-order valence-electron chi connectivity index (χ4n) is 3.86. The molecule has 0 radical (unpaired) electrons. The predicted octanol–water partition coefficient (Wildman–Crippen LogP) is 8.27. The second-order valence-electron chi connectivity index (χ2n) is 8.83. The largest absolute Gasteiger partial charge is 0.483 e. The fraction of sp³-hybridized carbons (Fsp3) is 0.200. The van der Waals surface area contributed by atoms with Crippen LogP contribution >= 0.6 is 34.8 Å². The Morgan fingerprint density at radius 3 is 2.29 bits per heavy atom. The van der Waals surface area contributed by atoms with Crippen molar-refractivity contribution in [3.05, 3.63) is 80.0 Å². The van der Waals surface area contributed by atoms with Gasteiger partial charge < -0.3 is 14.8 Å². The predicted molar refractivity (Wildman–Crippen MR) is 134 cm³/mol. The van der Waals surface area contributed by atoms with E-state index in [-0.39, 0.29) is 50.0 Å². The third-order valence-corrected chi connectivity index (χ3v) is 6.27. The van der Waals surface area contributed by atoms with Gasteiger partial charge >= 0.3 is 12.2 Å². The molecular formula is C25H17Cl3F4N2O4. The topological polar surface area (TPSA) is 76.7 Å². The molecule has 4 rings (SSSR count). The number of hydrogen-bond acceptors (Lipinski definition) is 4. The lowest BCUT2D eigenvalue weighted by atomic mass is 9.97. The van der Waals surface area contributed by atoms with Crippen LogP contribution in [-0.2, 0) is 12.6 Å². The summed E-state index contributed by atoms with van der Waals surface area (Å²) in [6, 6.07) is 7.02. The van der Waals surface area contributed by atoms with Gasteiger partial charge in [-0.2, -0.15) is 13.2 Å². The molecule has 6 nitrogen and oxygen atoms in total. The molecule has 0 aliphatic carbocycles. The van der Waals surface area contributed by atoms with Gasteiger partial charge in [-0.1, -0.05) is 40.9 Å².